The highest BCUT2D eigenvalue weighted by Gasteiger charge is 2.20. The number of aromatic nitrogens is 2. The van der Waals surface area contributed by atoms with E-state index in [-0.39, 0.29) is 11.3 Å². The van der Waals surface area contributed by atoms with E-state index in [1.165, 1.54) is 24.0 Å². The van der Waals surface area contributed by atoms with Crippen LogP contribution < -0.4 is 5.32 Å². The molecular weight excluding hydrogens is 404 g/mol. The second-order valence-electron chi connectivity index (χ2n) is 5.83. The number of nitrogens with zero attached hydrogens (tertiary/aromatic N) is 2. The van der Waals surface area contributed by atoms with Crippen LogP contribution in [-0.4, -0.2) is 29.1 Å². The first-order chi connectivity index (χ1) is 13.9. The lowest BCUT2D eigenvalue weighted by Crippen LogP contribution is -2.16. The van der Waals surface area contributed by atoms with Crippen molar-refractivity contribution in [2.75, 3.05) is 12.4 Å². The molecule has 3 aromatic rings. The van der Waals surface area contributed by atoms with E-state index in [0.29, 0.717) is 28.3 Å². The van der Waals surface area contributed by atoms with Crippen LogP contribution in [0.4, 0.5) is 14.5 Å². The predicted octanol–water partition coefficient (Wildman–Crippen LogP) is 3.99. The molecule has 0 aliphatic rings. The van der Waals surface area contributed by atoms with Crippen LogP contribution in [0.3, 0.4) is 0 Å². The standard InChI is InChI=1S/C19H15F2N3O4S/c1-10-6-11(24-28-10)9-29-18-12(4-3-5-22-18)17(25)23-16-7-13(19(26)27-2)14(20)8-15(16)21/h3-8H,9H2,1-2H3,(H,23,25). The van der Waals surface area contributed by atoms with Crippen LogP contribution in [-0.2, 0) is 10.5 Å². The molecular formula is C19H15F2N3O4S. The molecule has 3 rings (SSSR count). The number of halogens is 2. The van der Waals surface area contributed by atoms with Gasteiger partial charge in [-0.2, -0.15) is 0 Å². The van der Waals surface area contributed by atoms with Gasteiger partial charge in [0, 0.05) is 24.1 Å². The number of amides is 1. The number of aryl methyl sites for hydroxylation is 1. The van der Waals surface area contributed by atoms with E-state index in [2.05, 4.69) is 20.2 Å². The Morgan fingerprint density at radius 3 is 2.69 bits per heavy atom. The Bertz CT molecular complexity index is 1070. The zero-order chi connectivity index (χ0) is 21.0. The number of carbonyl (C=O) groups is 2. The predicted molar refractivity (Wildman–Crippen MR) is 101 cm³/mol. The molecule has 150 valence electrons. The number of hydrogen-bond donors (Lipinski definition) is 1. The lowest BCUT2D eigenvalue weighted by Gasteiger charge is -2.11. The van der Waals surface area contributed by atoms with E-state index in [1.807, 2.05) is 0 Å². The molecule has 0 spiro atoms. The number of hydrogen-bond acceptors (Lipinski definition) is 7. The third-order valence-electron chi connectivity index (χ3n) is 3.76. The van der Waals surface area contributed by atoms with Crippen molar-refractivity contribution < 1.29 is 27.6 Å². The normalized spacial score (nSPS) is 10.6. The number of benzene rings is 1. The maximum Gasteiger partial charge on any atom is 0.340 e. The summed E-state index contributed by atoms with van der Waals surface area (Å²) >= 11 is 1.25. The zero-order valence-corrected chi connectivity index (χ0v) is 16.2. The molecule has 1 amide bonds. The maximum absolute atomic E-state index is 14.1. The molecule has 0 aliphatic carbocycles. The number of carbonyl (C=O) groups excluding carboxylic acids is 2. The molecule has 0 saturated heterocycles. The summed E-state index contributed by atoms with van der Waals surface area (Å²) < 4.78 is 37.3. The first-order valence-corrected chi connectivity index (χ1v) is 9.26. The van der Waals surface area contributed by atoms with E-state index >= 15 is 0 Å². The highest BCUT2D eigenvalue weighted by atomic mass is 32.2. The van der Waals surface area contributed by atoms with Crippen LogP contribution in [0.1, 0.15) is 32.2 Å². The molecule has 1 N–H and O–H groups in total. The van der Waals surface area contributed by atoms with E-state index in [0.717, 1.165) is 13.2 Å². The summed E-state index contributed by atoms with van der Waals surface area (Å²) in [6, 6.07) is 6.23. The maximum atomic E-state index is 14.1. The van der Waals surface area contributed by atoms with Crippen molar-refractivity contribution >= 4 is 29.3 Å². The van der Waals surface area contributed by atoms with Gasteiger partial charge in [0.15, 0.2) is 0 Å². The summed E-state index contributed by atoms with van der Waals surface area (Å²) in [6.45, 7) is 1.76. The van der Waals surface area contributed by atoms with Crippen LogP contribution in [0.15, 0.2) is 46.1 Å². The van der Waals surface area contributed by atoms with Gasteiger partial charge < -0.3 is 14.6 Å². The van der Waals surface area contributed by atoms with Crippen LogP contribution in [0.25, 0.3) is 0 Å². The quantitative estimate of drug-likeness (QED) is 0.477. The van der Waals surface area contributed by atoms with E-state index in [4.69, 9.17) is 4.52 Å². The molecule has 29 heavy (non-hydrogen) atoms. The molecule has 2 aromatic heterocycles. The van der Waals surface area contributed by atoms with Gasteiger partial charge in [0.1, 0.15) is 22.4 Å². The topological polar surface area (TPSA) is 94.3 Å². The first-order valence-electron chi connectivity index (χ1n) is 8.27. The Hall–Kier alpha value is -3.27. The number of esters is 1. The Labute approximate surface area is 168 Å². The van der Waals surface area contributed by atoms with Crippen molar-refractivity contribution in [3.05, 3.63) is 70.7 Å². The molecule has 0 bridgehead atoms. The fourth-order valence-electron chi connectivity index (χ4n) is 2.41. The lowest BCUT2D eigenvalue weighted by molar-refractivity contribution is 0.0595. The summed E-state index contributed by atoms with van der Waals surface area (Å²) in [5.41, 5.74) is 0.00739. The summed E-state index contributed by atoms with van der Waals surface area (Å²) in [5.74, 6) is -2.71. The van der Waals surface area contributed by atoms with Crippen LogP contribution >= 0.6 is 11.8 Å². The minimum atomic E-state index is -1.09. The average molecular weight is 419 g/mol. The fraction of sp³-hybridized carbons (Fsp3) is 0.158. The van der Waals surface area contributed by atoms with Gasteiger partial charge in [0.05, 0.1) is 29.6 Å². The second kappa shape index (κ2) is 8.82. The molecule has 0 fully saturated rings. The highest BCUT2D eigenvalue weighted by molar-refractivity contribution is 7.98. The third-order valence-corrected chi connectivity index (χ3v) is 4.80. The van der Waals surface area contributed by atoms with E-state index in [1.54, 1.807) is 19.1 Å². The van der Waals surface area contributed by atoms with Crippen LogP contribution in [0, 0.1) is 18.6 Å². The molecule has 0 radical (unpaired) electrons. The fourth-order valence-corrected chi connectivity index (χ4v) is 3.28. The van der Waals surface area contributed by atoms with Gasteiger partial charge in [-0.05, 0) is 25.1 Å². The zero-order valence-electron chi connectivity index (χ0n) is 15.4. The van der Waals surface area contributed by atoms with Crippen molar-refractivity contribution in [1.82, 2.24) is 10.1 Å². The van der Waals surface area contributed by atoms with Crippen molar-refractivity contribution in [2.24, 2.45) is 0 Å². The van der Waals surface area contributed by atoms with Gasteiger partial charge in [-0.25, -0.2) is 18.6 Å². The van der Waals surface area contributed by atoms with Crippen LogP contribution in [0.2, 0.25) is 0 Å². The summed E-state index contributed by atoms with van der Waals surface area (Å²) in [6.07, 6.45) is 1.51. The van der Waals surface area contributed by atoms with Crippen LogP contribution in [0.5, 0.6) is 0 Å². The Kier molecular flexibility index (Phi) is 6.23. The lowest BCUT2D eigenvalue weighted by atomic mass is 10.1. The van der Waals surface area contributed by atoms with Gasteiger partial charge in [-0.3, -0.25) is 4.79 Å². The molecule has 1 aromatic carbocycles. The third kappa shape index (κ3) is 4.77. The van der Waals surface area contributed by atoms with E-state index in [9.17, 15) is 18.4 Å². The number of nitrogens with one attached hydrogen (secondary N) is 1. The van der Waals surface area contributed by atoms with Gasteiger partial charge in [-0.1, -0.05) is 16.9 Å². The SMILES string of the molecule is COC(=O)c1cc(NC(=O)c2cccnc2SCc2cc(C)on2)c(F)cc1F. The summed E-state index contributed by atoms with van der Waals surface area (Å²) in [7, 11) is 1.07. The molecule has 0 aliphatic heterocycles. The number of methoxy groups -OCH3 is 1. The number of pyridine rings is 1. The monoisotopic (exact) mass is 419 g/mol. The largest absolute Gasteiger partial charge is 0.465 e. The second-order valence-corrected chi connectivity index (χ2v) is 6.80. The van der Waals surface area contributed by atoms with Crippen molar-refractivity contribution in [3.8, 4) is 0 Å². The van der Waals surface area contributed by atoms with Gasteiger partial charge in [0.25, 0.3) is 5.91 Å². The smallest absolute Gasteiger partial charge is 0.340 e. The average Bonchev–Trinajstić information content (AvgIpc) is 3.13. The van der Waals surface area contributed by atoms with Crippen molar-refractivity contribution in [3.63, 3.8) is 0 Å². The van der Waals surface area contributed by atoms with Crippen molar-refractivity contribution in [1.29, 1.82) is 0 Å². The summed E-state index contributed by atoms with van der Waals surface area (Å²) in [4.78, 5) is 28.4. The first kappa shape index (κ1) is 20.5. The molecule has 0 saturated carbocycles. The van der Waals surface area contributed by atoms with Gasteiger partial charge >= 0.3 is 5.97 Å². The Morgan fingerprint density at radius 2 is 2.00 bits per heavy atom. The van der Waals surface area contributed by atoms with Crippen molar-refractivity contribution in [2.45, 2.75) is 17.7 Å². The number of rotatable bonds is 6. The molecule has 0 unspecified atom stereocenters. The number of anilines is 1. The molecule has 7 nitrogen and oxygen atoms in total. The Morgan fingerprint density at radius 1 is 1.21 bits per heavy atom. The molecule has 0 atom stereocenters. The van der Waals surface area contributed by atoms with Gasteiger partial charge in [0.2, 0.25) is 0 Å². The number of ether oxygens (including phenoxy) is 1. The van der Waals surface area contributed by atoms with E-state index < -0.39 is 29.1 Å². The minimum absolute atomic E-state index is 0.182. The summed E-state index contributed by atoms with van der Waals surface area (Å²) in [5, 5.41) is 6.60. The minimum Gasteiger partial charge on any atom is -0.465 e. The highest BCUT2D eigenvalue weighted by Crippen LogP contribution is 2.26. The Balaban J connectivity index is 1.82. The molecule has 2 heterocycles. The molecule has 10 heteroatoms. The number of thioether (sulfide) groups is 1. The van der Waals surface area contributed by atoms with Gasteiger partial charge in [-0.15, -0.1) is 0 Å².